The molecular weight excluding hydrogens is 392 g/mol. The van der Waals surface area contributed by atoms with Crippen LogP contribution in [0.3, 0.4) is 0 Å². The molecule has 0 aliphatic carbocycles. The van der Waals surface area contributed by atoms with Gasteiger partial charge in [0.1, 0.15) is 0 Å². The maximum absolute atomic E-state index is 12.5. The Morgan fingerprint density at radius 3 is 2.48 bits per heavy atom. The number of carboxylic acid groups (broad SMARTS) is 1. The van der Waals surface area contributed by atoms with E-state index in [1.807, 2.05) is 36.4 Å². The van der Waals surface area contributed by atoms with E-state index in [4.69, 9.17) is 5.11 Å². The molecule has 3 rings (SSSR count). The second-order valence-electron chi connectivity index (χ2n) is 6.87. The van der Waals surface area contributed by atoms with Gasteiger partial charge >= 0.3 is 5.97 Å². The van der Waals surface area contributed by atoms with Gasteiger partial charge in [0.05, 0.1) is 10.8 Å². The van der Waals surface area contributed by atoms with Crippen LogP contribution in [0.2, 0.25) is 0 Å². The molecule has 7 nitrogen and oxygen atoms in total. The lowest BCUT2D eigenvalue weighted by Gasteiger charge is -2.30. The number of nitrogens with zero attached hydrogens (tertiary/aromatic N) is 2. The number of carbonyl (C=O) groups is 4. The summed E-state index contributed by atoms with van der Waals surface area (Å²) in [6.45, 7) is 0.811. The van der Waals surface area contributed by atoms with Crippen molar-refractivity contribution >= 4 is 40.9 Å². The molecule has 8 heteroatoms. The topological polar surface area (TPSA) is 95.0 Å². The van der Waals surface area contributed by atoms with Crippen molar-refractivity contribution in [2.45, 2.75) is 19.3 Å². The molecule has 2 saturated heterocycles. The fourth-order valence-electron chi connectivity index (χ4n) is 3.26. The summed E-state index contributed by atoms with van der Waals surface area (Å²) in [5.74, 6) is -1.80. The van der Waals surface area contributed by atoms with Gasteiger partial charge in [0.15, 0.2) is 0 Å². The third-order valence-electron chi connectivity index (χ3n) is 4.96. The van der Waals surface area contributed by atoms with Gasteiger partial charge in [-0.2, -0.15) is 0 Å². The highest BCUT2D eigenvalue weighted by molar-refractivity contribution is 8.18. The highest BCUT2D eigenvalue weighted by Gasteiger charge is 2.35. The maximum Gasteiger partial charge on any atom is 0.306 e. The minimum Gasteiger partial charge on any atom is -0.481 e. The van der Waals surface area contributed by atoms with Crippen LogP contribution >= 0.6 is 11.8 Å². The molecule has 0 unspecified atom stereocenters. The van der Waals surface area contributed by atoms with E-state index in [-0.39, 0.29) is 24.1 Å². The lowest BCUT2D eigenvalue weighted by atomic mass is 9.97. The van der Waals surface area contributed by atoms with Crippen LogP contribution in [0.15, 0.2) is 47.4 Å². The van der Waals surface area contributed by atoms with Gasteiger partial charge < -0.3 is 10.0 Å². The van der Waals surface area contributed by atoms with E-state index in [1.165, 1.54) is 0 Å². The number of benzene rings is 1. The number of rotatable bonds is 6. The number of thioether (sulfide) groups is 1. The van der Waals surface area contributed by atoms with Crippen molar-refractivity contribution < 1.29 is 24.3 Å². The zero-order chi connectivity index (χ0) is 20.8. The number of likely N-dealkylation sites (tertiary alicyclic amines) is 1. The van der Waals surface area contributed by atoms with Crippen LogP contribution in [0, 0.1) is 5.92 Å². The lowest BCUT2D eigenvalue weighted by molar-refractivity contribution is -0.145. The van der Waals surface area contributed by atoms with Crippen LogP contribution in [0.25, 0.3) is 6.08 Å². The van der Waals surface area contributed by atoms with Crippen LogP contribution in [0.4, 0.5) is 4.79 Å². The second-order valence-corrected chi connectivity index (χ2v) is 7.86. The van der Waals surface area contributed by atoms with Crippen molar-refractivity contribution in [1.82, 2.24) is 9.80 Å². The summed E-state index contributed by atoms with van der Waals surface area (Å²) in [6.07, 6.45) is 6.08. The first-order chi connectivity index (χ1) is 14.0. The smallest absolute Gasteiger partial charge is 0.306 e. The molecule has 152 valence electrons. The van der Waals surface area contributed by atoms with Crippen LogP contribution in [-0.4, -0.2) is 57.6 Å². The number of allylic oxidation sites excluding steroid dienone is 2. The summed E-state index contributed by atoms with van der Waals surface area (Å²) in [4.78, 5) is 51.0. The zero-order valence-electron chi connectivity index (χ0n) is 15.8. The Bertz CT molecular complexity index is 857. The second kappa shape index (κ2) is 9.56. The van der Waals surface area contributed by atoms with Gasteiger partial charge in [-0.1, -0.05) is 42.5 Å². The van der Waals surface area contributed by atoms with Crippen LogP contribution < -0.4 is 0 Å². The molecule has 2 fully saturated rings. The molecule has 0 bridgehead atoms. The van der Waals surface area contributed by atoms with Crippen LogP contribution in [0.1, 0.15) is 24.8 Å². The predicted octanol–water partition coefficient (Wildman–Crippen LogP) is 2.99. The van der Waals surface area contributed by atoms with E-state index in [0.717, 1.165) is 22.2 Å². The largest absolute Gasteiger partial charge is 0.481 e. The summed E-state index contributed by atoms with van der Waals surface area (Å²) < 4.78 is 0. The van der Waals surface area contributed by atoms with Crippen LogP contribution in [-0.2, 0) is 14.4 Å². The number of carboxylic acids is 1. The average Bonchev–Trinajstić information content (AvgIpc) is 3.00. The first-order valence-electron chi connectivity index (χ1n) is 9.43. The SMILES string of the molecule is O=C(O)C1CCN(C(=O)CCN2C(=O)SC(=CC=Cc3ccccc3)C2=O)CC1. The van der Waals surface area contributed by atoms with E-state index in [9.17, 15) is 19.2 Å². The molecular formula is C21H22N2O5S. The molecule has 0 radical (unpaired) electrons. The zero-order valence-corrected chi connectivity index (χ0v) is 16.6. The minimum atomic E-state index is -0.831. The molecule has 1 aromatic rings. The first kappa shape index (κ1) is 20.9. The molecule has 1 aromatic carbocycles. The number of imide groups is 1. The van der Waals surface area contributed by atoms with E-state index in [1.54, 1.807) is 17.1 Å². The van der Waals surface area contributed by atoms with Crippen LogP contribution in [0.5, 0.6) is 0 Å². The molecule has 29 heavy (non-hydrogen) atoms. The van der Waals surface area contributed by atoms with Crippen molar-refractivity contribution in [3.05, 3.63) is 53.0 Å². The van der Waals surface area contributed by atoms with Crippen molar-refractivity contribution in [2.24, 2.45) is 5.92 Å². The fraction of sp³-hybridized carbons (Fsp3) is 0.333. The Morgan fingerprint density at radius 1 is 1.14 bits per heavy atom. The maximum atomic E-state index is 12.5. The van der Waals surface area contributed by atoms with Crippen molar-refractivity contribution in [2.75, 3.05) is 19.6 Å². The number of hydrogen-bond acceptors (Lipinski definition) is 5. The fourth-order valence-corrected chi connectivity index (χ4v) is 4.08. The van der Waals surface area contributed by atoms with Gasteiger partial charge in [-0.15, -0.1) is 0 Å². The molecule has 2 aliphatic heterocycles. The van der Waals surface area contributed by atoms with Gasteiger partial charge in [0, 0.05) is 26.1 Å². The summed E-state index contributed by atoms with van der Waals surface area (Å²) in [5, 5.41) is 8.64. The average molecular weight is 414 g/mol. The summed E-state index contributed by atoms with van der Waals surface area (Å²) >= 11 is 0.865. The number of amides is 3. The Morgan fingerprint density at radius 2 is 1.83 bits per heavy atom. The van der Waals surface area contributed by atoms with Crippen molar-refractivity contribution in [1.29, 1.82) is 0 Å². The van der Waals surface area contributed by atoms with E-state index >= 15 is 0 Å². The van der Waals surface area contributed by atoms with E-state index < -0.39 is 17.8 Å². The first-order valence-corrected chi connectivity index (χ1v) is 10.2. The monoisotopic (exact) mass is 414 g/mol. The van der Waals surface area contributed by atoms with Crippen molar-refractivity contribution in [3.63, 3.8) is 0 Å². The third-order valence-corrected chi connectivity index (χ3v) is 5.88. The summed E-state index contributed by atoms with van der Waals surface area (Å²) in [6, 6.07) is 9.60. The van der Waals surface area contributed by atoms with Gasteiger partial charge in [-0.25, -0.2) is 0 Å². The molecule has 2 heterocycles. The summed E-state index contributed by atoms with van der Waals surface area (Å²) in [7, 11) is 0. The Balaban J connectivity index is 1.51. The Kier molecular flexibility index (Phi) is 6.87. The number of hydrogen-bond donors (Lipinski definition) is 1. The molecule has 0 spiro atoms. The number of carbonyl (C=O) groups excluding carboxylic acids is 3. The summed E-state index contributed by atoms with van der Waals surface area (Å²) in [5.41, 5.74) is 0.986. The quantitative estimate of drug-likeness (QED) is 0.719. The molecule has 0 atom stereocenters. The van der Waals surface area contributed by atoms with E-state index in [2.05, 4.69) is 0 Å². The molecule has 1 N–H and O–H groups in total. The van der Waals surface area contributed by atoms with Gasteiger partial charge in [0.2, 0.25) is 5.91 Å². The van der Waals surface area contributed by atoms with Crippen molar-refractivity contribution in [3.8, 4) is 0 Å². The van der Waals surface area contributed by atoms with Gasteiger partial charge in [0.25, 0.3) is 11.1 Å². The normalized spacial score (nSPS) is 19.5. The number of aliphatic carboxylic acids is 1. The van der Waals surface area contributed by atoms with Gasteiger partial charge in [-0.3, -0.25) is 24.1 Å². The minimum absolute atomic E-state index is 0.0299. The molecule has 0 aromatic heterocycles. The third kappa shape index (κ3) is 5.35. The highest BCUT2D eigenvalue weighted by Crippen LogP contribution is 2.31. The molecule has 2 aliphatic rings. The molecule has 0 saturated carbocycles. The van der Waals surface area contributed by atoms with Gasteiger partial charge in [-0.05, 0) is 36.2 Å². The predicted molar refractivity (Wildman–Crippen MR) is 110 cm³/mol. The lowest BCUT2D eigenvalue weighted by Crippen LogP contribution is -2.42. The number of piperidine rings is 1. The van der Waals surface area contributed by atoms with E-state index in [0.29, 0.717) is 30.8 Å². The Hall–Kier alpha value is -2.87. The molecule has 3 amide bonds. The highest BCUT2D eigenvalue weighted by atomic mass is 32.2. The Labute approximate surface area is 173 Å². The standard InChI is InChI=1S/C21H22N2O5S/c24-18(22-12-9-16(10-13-22)20(26)27)11-14-23-19(25)17(29-21(23)28)8-4-7-15-5-2-1-3-6-15/h1-8,16H,9-14H2,(H,26,27).